The molecular formula is C29H27N3. The highest BCUT2D eigenvalue weighted by molar-refractivity contribution is 5.98. The summed E-state index contributed by atoms with van der Waals surface area (Å²) >= 11 is 0. The van der Waals surface area contributed by atoms with Gasteiger partial charge in [0.05, 0.1) is 5.52 Å². The van der Waals surface area contributed by atoms with Gasteiger partial charge >= 0.3 is 0 Å². The second-order valence-electron chi connectivity index (χ2n) is 8.90. The topological polar surface area (TPSA) is 40.7 Å². The van der Waals surface area contributed by atoms with E-state index >= 15 is 0 Å². The summed E-state index contributed by atoms with van der Waals surface area (Å²) in [5, 5.41) is 6.45. The van der Waals surface area contributed by atoms with E-state index in [4.69, 9.17) is 0 Å². The number of benzene rings is 3. The molecule has 0 bridgehead atoms. The minimum absolute atomic E-state index is 0.317. The molecule has 2 heterocycles. The lowest BCUT2D eigenvalue weighted by molar-refractivity contribution is 0.410. The van der Waals surface area contributed by atoms with Crippen molar-refractivity contribution in [3.05, 3.63) is 102 Å². The molecule has 3 aromatic carbocycles. The molecule has 1 unspecified atom stereocenters. The molecule has 2 aromatic heterocycles. The molecule has 0 saturated carbocycles. The van der Waals surface area contributed by atoms with E-state index in [9.17, 15) is 0 Å². The summed E-state index contributed by atoms with van der Waals surface area (Å²) in [6, 6.07) is 28.8. The van der Waals surface area contributed by atoms with Crippen molar-refractivity contribution in [1.82, 2.24) is 15.3 Å². The Morgan fingerprint density at radius 2 is 1.84 bits per heavy atom. The summed E-state index contributed by atoms with van der Waals surface area (Å²) in [5.41, 5.74) is 8.96. The monoisotopic (exact) mass is 417 g/mol. The largest absolute Gasteiger partial charge is 0.357 e. The van der Waals surface area contributed by atoms with Gasteiger partial charge in [0.1, 0.15) is 0 Å². The molecule has 2 atom stereocenters. The number of nitrogens with one attached hydrogen (secondary N) is 2. The summed E-state index contributed by atoms with van der Waals surface area (Å²) in [5.74, 6) is 0. The van der Waals surface area contributed by atoms with E-state index in [2.05, 4.69) is 95.0 Å². The normalized spacial score (nSPS) is 16.8. The van der Waals surface area contributed by atoms with Gasteiger partial charge in [-0.1, -0.05) is 54.6 Å². The molecule has 3 heteroatoms. The smallest absolute Gasteiger partial charge is 0.0708 e. The summed E-state index contributed by atoms with van der Waals surface area (Å²) in [7, 11) is 0. The number of aromatic amines is 1. The van der Waals surface area contributed by atoms with E-state index < -0.39 is 0 Å². The van der Waals surface area contributed by atoms with Crippen LogP contribution in [0.1, 0.15) is 48.7 Å². The molecule has 2 N–H and O–H groups in total. The van der Waals surface area contributed by atoms with Crippen molar-refractivity contribution in [2.75, 3.05) is 0 Å². The van der Waals surface area contributed by atoms with Crippen LogP contribution in [0.15, 0.2) is 85.1 Å². The van der Waals surface area contributed by atoms with Crippen LogP contribution in [-0.2, 0) is 6.42 Å². The number of aryl methyl sites for hydroxylation is 1. The van der Waals surface area contributed by atoms with E-state index in [0.29, 0.717) is 12.1 Å². The fourth-order valence-corrected chi connectivity index (χ4v) is 5.29. The summed E-state index contributed by atoms with van der Waals surface area (Å²) in [4.78, 5) is 8.30. The zero-order valence-corrected chi connectivity index (χ0v) is 18.3. The van der Waals surface area contributed by atoms with Crippen molar-refractivity contribution >= 4 is 21.8 Å². The van der Waals surface area contributed by atoms with Gasteiger partial charge in [-0.3, -0.25) is 4.98 Å². The average Bonchev–Trinajstić information content (AvgIpc) is 3.23. The van der Waals surface area contributed by atoms with Crippen molar-refractivity contribution in [3.8, 4) is 11.1 Å². The van der Waals surface area contributed by atoms with Gasteiger partial charge in [0, 0.05) is 40.3 Å². The molecule has 158 valence electrons. The van der Waals surface area contributed by atoms with E-state index in [-0.39, 0.29) is 0 Å². The third kappa shape index (κ3) is 3.30. The number of hydrogen-bond donors (Lipinski definition) is 2. The fraction of sp³-hybridized carbons (Fsp3) is 0.207. The maximum Gasteiger partial charge on any atom is 0.0708 e. The Morgan fingerprint density at radius 1 is 0.938 bits per heavy atom. The first-order valence-electron chi connectivity index (χ1n) is 11.6. The molecule has 0 saturated heterocycles. The molecule has 0 aliphatic heterocycles. The fourth-order valence-electron chi connectivity index (χ4n) is 5.29. The third-order valence-electron chi connectivity index (χ3n) is 6.91. The zero-order valence-electron chi connectivity index (χ0n) is 18.3. The van der Waals surface area contributed by atoms with Crippen LogP contribution in [0.3, 0.4) is 0 Å². The van der Waals surface area contributed by atoms with Crippen molar-refractivity contribution in [3.63, 3.8) is 0 Å². The van der Waals surface area contributed by atoms with Gasteiger partial charge < -0.3 is 10.3 Å². The van der Waals surface area contributed by atoms with Crippen molar-refractivity contribution < 1.29 is 0 Å². The Balaban J connectivity index is 1.39. The highest BCUT2D eigenvalue weighted by Crippen LogP contribution is 2.38. The third-order valence-corrected chi connectivity index (χ3v) is 6.91. The Bertz CT molecular complexity index is 1400. The molecule has 5 aromatic rings. The highest BCUT2D eigenvalue weighted by Gasteiger charge is 2.25. The van der Waals surface area contributed by atoms with Gasteiger partial charge in [-0.25, -0.2) is 0 Å². The number of aromatic nitrogens is 2. The Labute approximate surface area is 188 Å². The Kier molecular flexibility index (Phi) is 4.77. The van der Waals surface area contributed by atoms with E-state index in [1.807, 2.05) is 12.3 Å². The minimum Gasteiger partial charge on any atom is -0.357 e. The van der Waals surface area contributed by atoms with E-state index in [1.54, 1.807) is 0 Å². The average molecular weight is 418 g/mol. The summed E-state index contributed by atoms with van der Waals surface area (Å²) in [6.45, 7) is 2.26. The molecule has 3 nitrogen and oxygen atoms in total. The quantitative estimate of drug-likeness (QED) is 0.327. The lowest BCUT2D eigenvalue weighted by atomic mass is 9.90. The number of fused-ring (bicyclic) bond motifs is 4. The first-order chi connectivity index (χ1) is 15.8. The molecule has 0 radical (unpaired) electrons. The SMILES string of the molecule is C[C@@H](NC1CCCc2c1[nH]c1ccc(-c3cccc4ncccc34)cc21)c1ccccc1. The molecular weight excluding hydrogens is 390 g/mol. The first kappa shape index (κ1) is 19.3. The van der Waals surface area contributed by atoms with E-state index in [0.717, 1.165) is 11.9 Å². The number of hydrogen-bond acceptors (Lipinski definition) is 2. The molecule has 0 fully saturated rings. The molecule has 0 amide bonds. The van der Waals surface area contributed by atoms with Crippen LogP contribution in [0.2, 0.25) is 0 Å². The molecule has 1 aliphatic carbocycles. The lowest BCUT2D eigenvalue weighted by Crippen LogP contribution is -2.27. The van der Waals surface area contributed by atoms with Crippen LogP contribution in [0.5, 0.6) is 0 Å². The standard InChI is InChI=1S/C29H27N3/c1-19(20-8-3-2-4-9-20)31-28-14-6-11-24-25-18-21(15-16-27(25)32-29(24)28)22-10-5-13-26-23(22)12-7-17-30-26/h2-5,7-10,12-13,15-19,28,31-32H,6,11,14H2,1H3/t19-,28?/m1/s1. The van der Waals surface area contributed by atoms with Crippen LogP contribution in [-0.4, -0.2) is 9.97 Å². The summed E-state index contributed by atoms with van der Waals surface area (Å²) in [6.07, 6.45) is 5.37. The van der Waals surface area contributed by atoms with Gasteiger partial charge in [-0.05, 0) is 72.7 Å². The van der Waals surface area contributed by atoms with Gasteiger partial charge in [-0.15, -0.1) is 0 Å². The van der Waals surface area contributed by atoms with Crippen LogP contribution in [0.25, 0.3) is 32.9 Å². The number of nitrogens with zero attached hydrogens (tertiary/aromatic N) is 1. The molecule has 1 aliphatic rings. The van der Waals surface area contributed by atoms with Crippen molar-refractivity contribution in [1.29, 1.82) is 0 Å². The van der Waals surface area contributed by atoms with Crippen molar-refractivity contribution in [2.45, 2.75) is 38.3 Å². The van der Waals surface area contributed by atoms with Crippen LogP contribution in [0, 0.1) is 0 Å². The van der Waals surface area contributed by atoms with E-state index in [1.165, 1.54) is 57.1 Å². The predicted molar refractivity (Wildman–Crippen MR) is 133 cm³/mol. The van der Waals surface area contributed by atoms with Gasteiger partial charge in [0.2, 0.25) is 0 Å². The molecule has 32 heavy (non-hydrogen) atoms. The van der Waals surface area contributed by atoms with Gasteiger partial charge in [-0.2, -0.15) is 0 Å². The van der Waals surface area contributed by atoms with Crippen LogP contribution in [0.4, 0.5) is 0 Å². The highest BCUT2D eigenvalue weighted by atomic mass is 15.0. The molecule has 0 spiro atoms. The Morgan fingerprint density at radius 3 is 2.75 bits per heavy atom. The van der Waals surface area contributed by atoms with Crippen LogP contribution >= 0.6 is 0 Å². The number of rotatable bonds is 4. The van der Waals surface area contributed by atoms with Gasteiger partial charge in [0.15, 0.2) is 0 Å². The zero-order chi connectivity index (χ0) is 21.5. The van der Waals surface area contributed by atoms with Gasteiger partial charge in [0.25, 0.3) is 0 Å². The predicted octanol–water partition coefficient (Wildman–Crippen LogP) is 7.11. The Hall–Kier alpha value is -3.43. The lowest BCUT2D eigenvalue weighted by Gasteiger charge is -2.27. The second kappa shape index (κ2) is 7.92. The maximum absolute atomic E-state index is 4.54. The first-order valence-corrected chi connectivity index (χ1v) is 11.6. The second-order valence-corrected chi connectivity index (χ2v) is 8.90. The number of H-pyrrole nitrogens is 1. The maximum atomic E-state index is 4.54. The molecule has 6 rings (SSSR count). The number of pyridine rings is 1. The minimum atomic E-state index is 0.317. The van der Waals surface area contributed by atoms with Crippen LogP contribution < -0.4 is 5.32 Å². The van der Waals surface area contributed by atoms with Crippen molar-refractivity contribution in [2.24, 2.45) is 0 Å². The summed E-state index contributed by atoms with van der Waals surface area (Å²) < 4.78 is 0.